The molecule has 1 aromatic rings. The molecule has 0 saturated carbocycles. The number of nitrogens with one attached hydrogen (secondary N) is 1. The van der Waals surface area contributed by atoms with Crippen molar-refractivity contribution < 1.29 is 14.7 Å². The minimum Gasteiger partial charge on any atom is -0.480 e. The molecule has 0 aromatic carbocycles. The lowest BCUT2D eigenvalue weighted by atomic mass is 10.4. The highest BCUT2D eigenvalue weighted by atomic mass is 35.5. The molecule has 0 spiro atoms. The number of hydrogen-bond acceptors (Lipinski definition) is 4. The van der Waals surface area contributed by atoms with Gasteiger partial charge in [0.2, 0.25) is 0 Å². The van der Waals surface area contributed by atoms with Crippen LogP contribution in [0.15, 0.2) is 17.2 Å². The third-order valence-electron chi connectivity index (χ3n) is 1.72. The van der Waals surface area contributed by atoms with Gasteiger partial charge in [0.05, 0.1) is 5.69 Å². The lowest BCUT2D eigenvalue weighted by Gasteiger charge is -2.10. The first-order valence-corrected chi connectivity index (χ1v) is 5.78. The maximum atomic E-state index is 10.8. The molecule has 17 heavy (non-hydrogen) atoms. The Labute approximate surface area is 107 Å². The quantitative estimate of drug-likeness (QED) is 0.574. The molecule has 4 N–H and O–H groups in total. The standard InChI is InChI=1S/C9H10ClN3O3S/c1-4(8(14)15)17-7-5(12-9(11)16)2-3-6(10)13-7/h2-4H,1H3,(H,14,15)(H3,11,12,16). The Hall–Kier alpha value is -1.47. The van der Waals surface area contributed by atoms with Crippen LogP contribution in [0.1, 0.15) is 6.92 Å². The van der Waals surface area contributed by atoms with Crippen LogP contribution in [-0.4, -0.2) is 27.3 Å². The summed E-state index contributed by atoms with van der Waals surface area (Å²) in [6, 6.07) is 2.23. The van der Waals surface area contributed by atoms with Crippen LogP contribution in [0, 0.1) is 0 Å². The van der Waals surface area contributed by atoms with Gasteiger partial charge in [0.1, 0.15) is 15.4 Å². The van der Waals surface area contributed by atoms with Gasteiger partial charge in [-0.2, -0.15) is 0 Å². The van der Waals surface area contributed by atoms with E-state index in [2.05, 4.69) is 10.3 Å². The molecule has 0 fully saturated rings. The zero-order chi connectivity index (χ0) is 13.0. The van der Waals surface area contributed by atoms with Crippen LogP contribution in [0.4, 0.5) is 10.5 Å². The molecule has 1 heterocycles. The number of primary amides is 1. The van der Waals surface area contributed by atoms with E-state index in [1.165, 1.54) is 19.1 Å². The fourth-order valence-electron chi connectivity index (χ4n) is 0.953. The average Bonchev–Trinajstić information content (AvgIpc) is 2.21. The number of nitrogens with zero attached hydrogens (tertiary/aromatic N) is 1. The van der Waals surface area contributed by atoms with E-state index in [9.17, 15) is 9.59 Å². The number of carbonyl (C=O) groups excluding carboxylic acids is 1. The Morgan fingerprint density at radius 3 is 2.76 bits per heavy atom. The molecule has 0 saturated heterocycles. The smallest absolute Gasteiger partial charge is 0.316 e. The van der Waals surface area contributed by atoms with Gasteiger partial charge in [-0.25, -0.2) is 9.78 Å². The van der Waals surface area contributed by atoms with Crippen LogP contribution in [0.25, 0.3) is 0 Å². The number of carbonyl (C=O) groups is 2. The summed E-state index contributed by atoms with van der Waals surface area (Å²) in [5.41, 5.74) is 5.32. The SMILES string of the molecule is CC(Sc1nc(Cl)ccc1NC(N)=O)C(=O)O. The van der Waals surface area contributed by atoms with Crippen molar-refractivity contribution in [3.8, 4) is 0 Å². The van der Waals surface area contributed by atoms with Gasteiger partial charge >= 0.3 is 12.0 Å². The third kappa shape index (κ3) is 4.12. The second-order valence-corrected chi connectivity index (χ2v) is 4.79. The maximum absolute atomic E-state index is 10.8. The molecule has 1 aromatic heterocycles. The Balaban J connectivity index is 2.98. The van der Waals surface area contributed by atoms with Crippen molar-refractivity contribution in [1.82, 2.24) is 4.98 Å². The van der Waals surface area contributed by atoms with Crippen molar-refractivity contribution in [3.63, 3.8) is 0 Å². The number of aliphatic carboxylic acids is 1. The summed E-state index contributed by atoms with van der Waals surface area (Å²) >= 11 is 6.67. The summed E-state index contributed by atoms with van der Waals surface area (Å²) in [7, 11) is 0. The minimum absolute atomic E-state index is 0.208. The summed E-state index contributed by atoms with van der Waals surface area (Å²) in [6.45, 7) is 1.50. The first-order valence-electron chi connectivity index (χ1n) is 4.52. The Bertz CT molecular complexity index is 455. The van der Waals surface area contributed by atoms with E-state index in [4.69, 9.17) is 22.4 Å². The molecule has 1 atom stereocenters. The van der Waals surface area contributed by atoms with Gasteiger partial charge in [0, 0.05) is 0 Å². The van der Waals surface area contributed by atoms with Gasteiger partial charge in [-0.15, -0.1) is 0 Å². The predicted octanol–water partition coefficient (Wildman–Crippen LogP) is 1.79. The van der Waals surface area contributed by atoms with E-state index in [0.29, 0.717) is 10.7 Å². The van der Waals surface area contributed by atoms with Crippen LogP contribution < -0.4 is 11.1 Å². The normalized spacial score (nSPS) is 11.9. The van der Waals surface area contributed by atoms with Gasteiger partial charge in [-0.1, -0.05) is 23.4 Å². The van der Waals surface area contributed by atoms with E-state index in [1.54, 1.807) is 0 Å². The van der Waals surface area contributed by atoms with Crippen molar-refractivity contribution in [1.29, 1.82) is 0 Å². The van der Waals surface area contributed by atoms with Crippen LogP contribution in [0.5, 0.6) is 0 Å². The van der Waals surface area contributed by atoms with Crippen molar-refractivity contribution in [2.45, 2.75) is 17.2 Å². The second kappa shape index (κ2) is 5.74. The van der Waals surface area contributed by atoms with E-state index in [0.717, 1.165) is 11.8 Å². The first kappa shape index (κ1) is 13.6. The number of hydrogen-bond donors (Lipinski definition) is 3. The molecular formula is C9H10ClN3O3S. The summed E-state index contributed by atoms with van der Waals surface area (Å²) in [4.78, 5) is 25.4. The number of urea groups is 1. The fourth-order valence-corrected chi connectivity index (χ4v) is 1.98. The maximum Gasteiger partial charge on any atom is 0.316 e. The third-order valence-corrected chi connectivity index (χ3v) is 3.02. The number of nitrogens with two attached hydrogens (primary N) is 1. The molecule has 0 bridgehead atoms. The molecule has 92 valence electrons. The van der Waals surface area contributed by atoms with E-state index < -0.39 is 17.3 Å². The van der Waals surface area contributed by atoms with Crippen LogP contribution in [0.2, 0.25) is 5.15 Å². The summed E-state index contributed by atoms with van der Waals surface area (Å²) < 4.78 is 0. The Morgan fingerprint density at radius 1 is 1.59 bits per heavy atom. The largest absolute Gasteiger partial charge is 0.480 e. The lowest BCUT2D eigenvalue weighted by Crippen LogP contribution is -2.20. The first-order chi connectivity index (χ1) is 7.90. The Kier molecular flexibility index (Phi) is 4.59. The van der Waals surface area contributed by atoms with E-state index >= 15 is 0 Å². The number of halogens is 1. The molecule has 0 radical (unpaired) electrons. The summed E-state index contributed by atoms with van der Waals surface area (Å²) in [5.74, 6) is -0.984. The van der Waals surface area contributed by atoms with Crippen LogP contribution in [0.3, 0.4) is 0 Å². The molecule has 0 aliphatic heterocycles. The number of pyridine rings is 1. The zero-order valence-electron chi connectivity index (χ0n) is 8.81. The van der Waals surface area contributed by atoms with Crippen LogP contribution >= 0.6 is 23.4 Å². The van der Waals surface area contributed by atoms with Crippen molar-refractivity contribution >= 4 is 41.1 Å². The highest BCUT2D eigenvalue weighted by molar-refractivity contribution is 8.00. The number of aromatic nitrogens is 1. The van der Waals surface area contributed by atoms with Crippen molar-refractivity contribution in [2.24, 2.45) is 5.73 Å². The molecular weight excluding hydrogens is 266 g/mol. The molecule has 6 nitrogen and oxygen atoms in total. The molecule has 0 aliphatic rings. The van der Waals surface area contributed by atoms with Gasteiger partial charge in [-0.3, -0.25) is 4.79 Å². The zero-order valence-corrected chi connectivity index (χ0v) is 10.4. The highest BCUT2D eigenvalue weighted by Crippen LogP contribution is 2.30. The number of thioether (sulfide) groups is 1. The average molecular weight is 276 g/mol. The van der Waals surface area contributed by atoms with Gasteiger partial charge < -0.3 is 16.2 Å². The monoisotopic (exact) mass is 275 g/mol. The van der Waals surface area contributed by atoms with Gasteiger partial charge in [0.15, 0.2) is 0 Å². The molecule has 1 unspecified atom stereocenters. The number of anilines is 1. The fraction of sp³-hybridized carbons (Fsp3) is 0.222. The van der Waals surface area contributed by atoms with E-state index in [-0.39, 0.29) is 5.15 Å². The number of carboxylic acid groups (broad SMARTS) is 1. The number of rotatable bonds is 4. The van der Waals surface area contributed by atoms with E-state index in [1.807, 2.05) is 0 Å². The lowest BCUT2D eigenvalue weighted by molar-refractivity contribution is -0.136. The predicted molar refractivity (Wildman–Crippen MR) is 65.4 cm³/mol. The summed E-state index contributed by atoms with van der Waals surface area (Å²) in [5, 5.41) is 10.9. The second-order valence-electron chi connectivity index (χ2n) is 3.07. The topological polar surface area (TPSA) is 105 Å². The summed E-state index contributed by atoms with van der Waals surface area (Å²) in [6.07, 6.45) is 0. The van der Waals surface area contributed by atoms with Crippen molar-refractivity contribution in [2.75, 3.05) is 5.32 Å². The Morgan fingerprint density at radius 2 is 2.24 bits per heavy atom. The number of amides is 2. The minimum atomic E-state index is -0.984. The van der Waals surface area contributed by atoms with Gasteiger partial charge in [0.25, 0.3) is 0 Å². The molecule has 1 rings (SSSR count). The molecule has 8 heteroatoms. The van der Waals surface area contributed by atoms with Crippen LogP contribution in [-0.2, 0) is 4.79 Å². The van der Waals surface area contributed by atoms with Crippen molar-refractivity contribution in [3.05, 3.63) is 17.3 Å². The highest BCUT2D eigenvalue weighted by Gasteiger charge is 2.17. The number of carboxylic acids is 1. The van der Waals surface area contributed by atoms with Gasteiger partial charge in [-0.05, 0) is 19.1 Å². The molecule has 2 amide bonds. The molecule has 0 aliphatic carbocycles.